The van der Waals surface area contributed by atoms with E-state index in [9.17, 15) is 4.79 Å². The average Bonchev–Trinajstić information content (AvgIpc) is 3.17. The Morgan fingerprint density at radius 3 is 2.65 bits per heavy atom. The normalized spacial score (nSPS) is 11.0. The average molecular weight is 411 g/mol. The van der Waals surface area contributed by atoms with Crippen molar-refractivity contribution in [2.24, 2.45) is 14.1 Å². The second-order valence-electron chi connectivity index (χ2n) is 5.90. The molecular formula is C18H15BrN6O. The first kappa shape index (κ1) is 16.5. The number of aromatic nitrogens is 5. The number of para-hydroxylation sites is 1. The summed E-state index contributed by atoms with van der Waals surface area (Å²) < 4.78 is 4.24. The van der Waals surface area contributed by atoms with Gasteiger partial charge in [-0.05, 0) is 44.6 Å². The van der Waals surface area contributed by atoms with Crippen molar-refractivity contribution in [2.45, 2.75) is 0 Å². The number of fused-ring (bicyclic) bond motifs is 1. The number of nitrogens with one attached hydrogen (secondary N) is 1. The molecule has 2 aromatic heterocycles. The molecular weight excluding hydrogens is 396 g/mol. The fourth-order valence-corrected chi connectivity index (χ4v) is 3.78. The molecule has 0 radical (unpaired) electrons. The molecule has 2 aromatic carbocycles. The highest BCUT2D eigenvalue weighted by molar-refractivity contribution is 9.10. The molecule has 2 heterocycles. The van der Waals surface area contributed by atoms with Crippen LogP contribution < -0.4 is 5.32 Å². The molecule has 4 aromatic rings. The number of anilines is 1. The third-order valence-electron chi connectivity index (χ3n) is 4.26. The quantitative estimate of drug-likeness (QED) is 0.561. The highest BCUT2D eigenvalue weighted by atomic mass is 79.9. The first-order chi connectivity index (χ1) is 12.6. The van der Waals surface area contributed by atoms with Gasteiger partial charge >= 0.3 is 0 Å². The number of hydrogen-bond acceptors (Lipinski definition) is 4. The van der Waals surface area contributed by atoms with Crippen LogP contribution in [0.1, 0.15) is 10.5 Å². The van der Waals surface area contributed by atoms with Crippen molar-refractivity contribution >= 4 is 38.4 Å². The Balaban J connectivity index is 1.69. The second kappa shape index (κ2) is 6.38. The van der Waals surface area contributed by atoms with Crippen LogP contribution in [0, 0.1) is 0 Å². The third kappa shape index (κ3) is 2.68. The topological polar surface area (TPSA) is 77.6 Å². The summed E-state index contributed by atoms with van der Waals surface area (Å²) in [5, 5.41) is 15.4. The van der Waals surface area contributed by atoms with Gasteiger partial charge in [-0.15, -0.1) is 5.10 Å². The molecule has 0 saturated carbocycles. The minimum Gasteiger partial charge on any atom is -0.339 e. The van der Waals surface area contributed by atoms with E-state index in [2.05, 4.69) is 36.8 Å². The van der Waals surface area contributed by atoms with Crippen LogP contribution in [0.3, 0.4) is 0 Å². The Morgan fingerprint density at radius 1 is 1.12 bits per heavy atom. The fourth-order valence-electron chi connectivity index (χ4n) is 3.00. The molecule has 0 spiro atoms. The molecule has 0 saturated heterocycles. The Kier molecular flexibility index (Phi) is 4.04. The number of rotatable bonds is 3. The summed E-state index contributed by atoms with van der Waals surface area (Å²) in [6.07, 6.45) is 0. The van der Waals surface area contributed by atoms with Crippen molar-refractivity contribution in [1.82, 2.24) is 24.8 Å². The van der Waals surface area contributed by atoms with Crippen molar-refractivity contribution in [1.29, 1.82) is 0 Å². The van der Waals surface area contributed by atoms with E-state index in [0.717, 1.165) is 20.9 Å². The van der Waals surface area contributed by atoms with Crippen LogP contribution in [0.2, 0.25) is 0 Å². The largest absolute Gasteiger partial charge is 0.339 e. The number of hydrogen-bond donors (Lipinski definition) is 1. The Hall–Kier alpha value is -3.00. The summed E-state index contributed by atoms with van der Waals surface area (Å²) in [6, 6.07) is 15.3. The van der Waals surface area contributed by atoms with Gasteiger partial charge in [0.25, 0.3) is 5.91 Å². The first-order valence-corrected chi connectivity index (χ1v) is 8.72. The van der Waals surface area contributed by atoms with Gasteiger partial charge in [0.15, 0.2) is 5.82 Å². The van der Waals surface area contributed by atoms with E-state index >= 15 is 0 Å². The maximum absolute atomic E-state index is 12.9. The molecule has 4 rings (SSSR count). The van der Waals surface area contributed by atoms with E-state index in [1.807, 2.05) is 60.1 Å². The summed E-state index contributed by atoms with van der Waals surface area (Å²) in [6.45, 7) is 0. The Labute approximate surface area is 157 Å². The van der Waals surface area contributed by atoms with Crippen LogP contribution >= 0.6 is 15.9 Å². The van der Waals surface area contributed by atoms with Crippen LogP contribution in [-0.4, -0.2) is 30.7 Å². The van der Waals surface area contributed by atoms with E-state index in [1.165, 1.54) is 0 Å². The molecule has 7 nitrogen and oxygen atoms in total. The molecule has 0 fully saturated rings. The predicted molar refractivity (Wildman–Crippen MR) is 103 cm³/mol. The van der Waals surface area contributed by atoms with E-state index in [0.29, 0.717) is 17.2 Å². The summed E-state index contributed by atoms with van der Waals surface area (Å²) in [5.74, 6) is 0.440. The zero-order valence-electron chi connectivity index (χ0n) is 14.1. The lowest BCUT2D eigenvalue weighted by Crippen LogP contribution is -2.16. The van der Waals surface area contributed by atoms with Gasteiger partial charge in [0, 0.05) is 36.2 Å². The van der Waals surface area contributed by atoms with E-state index < -0.39 is 0 Å². The molecule has 0 aliphatic carbocycles. The van der Waals surface area contributed by atoms with Gasteiger partial charge in [0.1, 0.15) is 5.69 Å². The number of amides is 1. The molecule has 0 atom stereocenters. The zero-order valence-corrected chi connectivity index (χ0v) is 15.7. The van der Waals surface area contributed by atoms with Gasteiger partial charge in [0.05, 0.1) is 4.47 Å². The Bertz CT molecular complexity index is 1090. The first-order valence-electron chi connectivity index (χ1n) is 7.93. The third-order valence-corrected chi connectivity index (χ3v) is 5.06. The second-order valence-corrected chi connectivity index (χ2v) is 6.69. The number of carbonyl (C=O) groups excluding carboxylic acids is 1. The molecule has 0 bridgehead atoms. The van der Waals surface area contributed by atoms with Gasteiger partial charge in [-0.3, -0.25) is 4.79 Å². The van der Waals surface area contributed by atoms with Crippen molar-refractivity contribution in [3.8, 4) is 11.4 Å². The molecule has 1 amide bonds. The molecule has 0 aliphatic rings. The number of tetrazole rings is 1. The summed E-state index contributed by atoms with van der Waals surface area (Å²) in [5.41, 5.74) is 3.06. The minimum absolute atomic E-state index is 0.191. The van der Waals surface area contributed by atoms with Crippen molar-refractivity contribution in [3.63, 3.8) is 0 Å². The van der Waals surface area contributed by atoms with Gasteiger partial charge in [-0.2, -0.15) is 0 Å². The maximum Gasteiger partial charge on any atom is 0.273 e. The number of carbonyl (C=O) groups is 1. The number of aryl methyl sites for hydroxylation is 2. The molecule has 0 unspecified atom stereocenters. The number of benzene rings is 2. The van der Waals surface area contributed by atoms with Crippen molar-refractivity contribution < 1.29 is 4.79 Å². The van der Waals surface area contributed by atoms with Gasteiger partial charge in [-0.1, -0.05) is 30.3 Å². The van der Waals surface area contributed by atoms with E-state index in [1.54, 1.807) is 11.7 Å². The van der Waals surface area contributed by atoms with Gasteiger partial charge < -0.3 is 9.88 Å². The van der Waals surface area contributed by atoms with Crippen LogP contribution in [-0.2, 0) is 14.1 Å². The highest BCUT2D eigenvalue weighted by Gasteiger charge is 2.19. The lowest BCUT2D eigenvalue weighted by atomic mass is 10.2. The van der Waals surface area contributed by atoms with Gasteiger partial charge in [0.2, 0.25) is 0 Å². The lowest BCUT2D eigenvalue weighted by molar-refractivity contribution is 0.101. The lowest BCUT2D eigenvalue weighted by Gasteiger charge is -2.08. The summed E-state index contributed by atoms with van der Waals surface area (Å²) in [7, 11) is 3.65. The van der Waals surface area contributed by atoms with Gasteiger partial charge in [-0.25, -0.2) is 4.68 Å². The highest BCUT2D eigenvalue weighted by Crippen LogP contribution is 2.31. The molecule has 130 valence electrons. The SMILES string of the molecule is Cn1nnnc1-c1cccc(NC(=O)c2c(Br)c3ccccc3n2C)c1. The van der Waals surface area contributed by atoms with E-state index in [-0.39, 0.29) is 5.91 Å². The van der Waals surface area contributed by atoms with Crippen molar-refractivity contribution in [3.05, 3.63) is 58.7 Å². The number of nitrogens with zero attached hydrogens (tertiary/aromatic N) is 5. The summed E-state index contributed by atoms with van der Waals surface area (Å²) in [4.78, 5) is 12.9. The van der Waals surface area contributed by atoms with Crippen molar-refractivity contribution in [2.75, 3.05) is 5.32 Å². The standard InChI is InChI=1S/C18H15BrN6O/c1-24-14-9-4-3-8-13(14)15(19)16(24)18(26)20-12-7-5-6-11(10-12)17-21-22-23-25(17)2/h3-10H,1-2H3,(H,20,26). The summed E-state index contributed by atoms with van der Waals surface area (Å²) >= 11 is 3.56. The van der Waals surface area contributed by atoms with Crippen LogP contribution in [0.15, 0.2) is 53.0 Å². The zero-order chi connectivity index (χ0) is 18.3. The fraction of sp³-hybridized carbons (Fsp3) is 0.111. The number of halogens is 1. The molecule has 1 N–H and O–H groups in total. The van der Waals surface area contributed by atoms with Crippen LogP contribution in [0.25, 0.3) is 22.3 Å². The minimum atomic E-state index is -0.191. The monoisotopic (exact) mass is 410 g/mol. The molecule has 8 heteroatoms. The maximum atomic E-state index is 12.9. The van der Waals surface area contributed by atoms with Crippen LogP contribution in [0.5, 0.6) is 0 Å². The molecule has 0 aliphatic heterocycles. The predicted octanol–water partition coefficient (Wildman–Crippen LogP) is 3.38. The molecule has 26 heavy (non-hydrogen) atoms. The Morgan fingerprint density at radius 2 is 1.92 bits per heavy atom. The van der Waals surface area contributed by atoms with E-state index in [4.69, 9.17) is 0 Å². The smallest absolute Gasteiger partial charge is 0.273 e. The van der Waals surface area contributed by atoms with Crippen LogP contribution in [0.4, 0.5) is 5.69 Å².